The Hall–Kier alpha value is -2.76. The number of hydrogen-bond donors (Lipinski definition) is 2. The highest BCUT2D eigenvalue weighted by Crippen LogP contribution is 2.50. The molecule has 0 bridgehead atoms. The molecule has 1 saturated heterocycles. The van der Waals surface area contributed by atoms with Crippen molar-refractivity contribution < 1.29 is 24.3 Å². The molecule has 1 aliphatic heterocycles. The van der Waals surface area contributed by atoms with Gasteiger partial charge in [-0.05, 0) is 55.9 Å². The van der Waals surface area contributed by atoms with Crippen LogP contribution in [0.4, 0.5) is 0 Å². The van der Waals surface area contributed by atoms with E-state index in [0.29, 0.717) is 24.8 Å². The number of hydrogen-bond acceptors (Lipinski definition) is 4. The predicted octanol–water partition coefficient (Wildman–Crippen LogP) is 4.63. The number of aliphatic carboxylic acids is 1. The lowest BCUT2D eigenvalue weighted by molar-refractivity contribution is -0.145. The third-order valence-electron chi connectivity index (χ3n) is 7.83. The van der Waals surface area contributed by atoms with E-state index in [1.54, 1.807) is 6.08 Å². The molecule has 6 heteroatoms. The monoisotopic (exact) mass is 467 g/mol. The fourth-order valence-corrected chi connectivity index (χ4v) is 6.29. The summed E-state index contributed by atoms with van der Waals surface area (Å²) in [6.07, 6.45) is 14.0. The van der Waals surface area contributed by atoms with Crippen LogP contribution in [0, 0.1) is 41.4 Å². The molecule has 6 nitrogen and oxygen atoms in total. The zero-order valence-corrected chi connectivity index (χ0v) is 20.5. The van der Waals surface area contributed by atoms with Crippen molar-refractivity contribution in [3.8, 4) is 0 Å². The van der Waals surface area contributed by atoms with Crippen molar-refractivity contribution in [2.24, 2.45) is 41.4 Å². The summed E-state index contributed by atoms with van der Waals surface area (Å²) in [5, 5.41) is 12.0. The molecule has 0 aromatic heterocycles. The Balaban J connectivity index is 2.02. The lowest BCUT2D eigenvalue weighted by Gasteiger charge is -2.46. The topological polar surface area (TPSA) is 101 Å². The molecule has 3 rings (SSSR count). The van der Waals surface area contributed by atoms with Crippen molar-refractivity contribution in [2.45, 2.75) is 59.3 Å². The maximum absolute atomic E-state index is 14.2. The molecule has 0 radical (unpaired) electrons. The second-order valence-electron chi connectivity index (χ2n) is 9.99. The van der Waals surface area contributed by atoms with Gasteiger partial charge < -0.3 is 5.11 Å². The number of rotatable bonds is 9. The third kappa shape index (κ3) is 5.01. The van der Waals surface area contributed by atoms with Gasteiger partial charge in [0.2, 0.25) is 5.91 Å². The second kappa shape index (κ2) is 11.1. The minimum absolute atomic E-state index is 0.00234. The number of Topliss-reactive ketones (excluding diaryl/α,β-unsaturated/α-hetero) is 1. The van der Waals surface area contributed by atoms with E-state index in [9.17, 15) is 24.3 Å². The van der Waals surface area contributed by atoms with Crippen molar-refractivity contribution in [1.29, 1.82) is 0 Å². The van der Waals surface area contributed by atoms with E-state index in [-0.39, 0.29) is 35.0 Å². The molecule has 184 valence electrons. The van der Waals surface area contributed by atoms with Crippen LogP contribution in [0.1, 0.15) is 59.3 Å². The average Bonchev–Trinajstić information content (AvgIpc) is 3.09. The van der Waals surface area contributed by atoms with Gasteiger partial charge in [-0.1, -0.05) is 63.6 Å². The molecule has 0 aromatic rings. The molecule has 7 atom stereocenters. The number of ketones is 1. The van der Waals surface area contributed by atoms with Gasteiger partial charge in [0.15, 0.2) is 5.78 Å². The van der Waals surface area contributed by atoms with Gasteiger partial charge in [-0.25, -0.2) is 0 Å². The third-order valence-corrected chi connectivity index (χ3v) is 7.83. The number of carboxylic acid groups (broad SMARTS) is 1. The molecule has 1 unspecified atom stereocenters. The van der Waals surface area contributed by atoms with Crippen molar-refractivity contribution in [3.05, 3.63) is 48.1 Å². The minimum Gasteiger partial charge on any atom is -0.481 e. The number of allylic oxidation sites excluding steroid dienone is 6. The average molecular weight is 468 g/mol. The molecule has 2 N–H and O–H groups in total. The molecule has 2 amide bonds. The van der Waals surface area contributed by atoms with Crippen LogP contribution in [0.3, 0.4) is 0 Å². The van der Waals surface area contributed by atoms with Crippen LogP contribution in [0.5, 0.6) is 0 Å². The molecular weight excluding hydrogens is 430 g/mol. The van der Waals surface area contributed by atoms with Crippen molar-refractivity contribution in [3.63, 3.8) is 0 Å². The Kier molecular flexibility index (Phi) is 8.45. The van der Waals surface area contributed by atoms with Gasteiger partial charge in [-0.15, -0.1) is 0 Å². The summed E-state index contributed by atoms with van der Waals surface area (Å²) in [4.78, 5) is 51.6. The van der Waals surface area contributed by atoms with Crippen LogP contribution >= 0.6 is 0 Å². The van der Waals surface area contributed by atoms with Crippen LogP contribution in [0.15, 0.2) is 48.1 Å². The Labute approximate surface area is 202 Å². The number of carboxylic acids is 1. The molecule has 1 heterocycles. The highest BCUT2D eigenvalue weighted by Gasteiger charge is 2.52. The standard InChI is InChI=1S/C28H37NO5/c1-5-8-9-11-17(7-3)23-24(27(32)29-26(23)31)25(30)22-18(10-6-2)12-13-19-15-20(28(33)34)14-16(4)21(19)22/h6-7,10,12-13,16,18-22,24H,3,5,8-9,11,14-15H2,1-2,4H3,(H,33,34)(H,29,31,32)/b10-6+,23-17+/t16-,18+,19+,20+,21+,22-,24?/m0/s1. The van der Waals surface area contributed by atoms with E-state index in [4.69, 9.17) is 0 Å². The largest absolute Gasteiger partial charge is 0.481 e. The SMILES string of the molecule is C=C/C(CCCCC)=C1\C(=O)NC(=O)C1C(=O)[C@@H]1[C@H]2[C@H](C=C[C@H]1/C=C/C)C[C@H](C(=O)O)C[C@@H]2C. The number of carbonyl (C=O) groups excluding carboxylic acids is 3. The molecule has 0 aromatic carbocycles. The Morgan fingerprint density at radius 1 is 1.21 bits per heavy atom. The van der Waals surface area contributed by atoms with Crippen molar-refractivity contribution >= 4 is 23.6 Å². The lowest BCUT2D eigenvalue weighted by atomic mass is 9.56. The van der Waals surface area contributed by atoms with Gasteiger partial charge in [0, 0.05) is 17.4 Å². The fraction of sp³-hybridized carbons (Fsp3) is 0.571. The number of amides is 2. The molecule has 3 aliphatic rings. The number of fused-ring (bicyclic) bond motifs is 1. The van der Waals surface area contributed by atoms with Gasteiger partial charge >= 0.3 is 5.97 Å². The maximum atomic E-state index is 14.2. The van der Waals surface area contributed by atoms with Crippen LogP contribution in [-0.4, -0.2) is 28.7 Å². The van der Waals surface area contributed by atoms with Crippen LogP contribution in [0.25, 0.3) is 0 Å². The smallest absolute Gasteiger partial charge is 0.306 e. The number of carbonyl (C=O) groups is 4. The van der Waals surface area contributed by atoms with E-state index < -0.39 is 35.5 Å². The van der Waals surface area contributed by atoms with E-state index in [1.165, 1.54) is 0 Å². The normalized spacial score (nSPS) is 34.6. The summed E-state index contributed by atoms with van der Waals surface area (Å²) in [6.45, 7) is 9.85. The first-order chi connectivity index (χ1) is 16.2. The van der Waals surface area contributed by atoms with Crippen LogP contribution in [-0.2, 0) is 19.2 Å². The summed E-state index contributed by atoms with van der Waals surface area (Å²) in [7, 11) is 0. The molecule has 1 saturated carbocycles. The van der Waals surface area contributed by atoms with E-state index in [2.05, 4.69) is 24.9 Å². The van der Waals surface area contributed by atoms with E-state index in [1.807, 2.05) is 32.1 Å². The Morgan fingerprint density at radius 3 is 2.56 bits per heavy atom. The zero-order chi connectivity index (χ0) is 25.0. The van der Waals surface area contributed by atoms with Crippen molar-refractivity contribution in [1.82, 2.24) is 5.32 Å². The number of unbranched alkanes of at least 4 members (excludes halogenated alkanes) is 2. The van der Waals surface area contributed by atoms with Gasteiger partial charge in [0.25, 0.3) is 5.91 Å². The fourth-order valence-electron chi connectivity index (χ4n) is 6.29. The van der Waals surface area contributed by atoms with Crippen LogP contribution in [0.2, 0.25) is 0 Å². The summed E-state index contributed by atoms with van der Waals surface area (Å²) in [6, 6.07) is 0. The van der Waals surface area contributed by atoms with Crippen molar-refractivity contribution in [2.75, 3.05) is 0 Å². The summed E-state index contributed by atoms with van der Waals surface area (Å²) < 4.78 is 0. The first-order valence-corrected chi connectivity index (χ1v) is 12.5. The summed E-state index contributed by atoms with van der Waals surface area (Å²) in [5.74, 6) is -4.48. The van der Waals surface area contributed by atoms with Gasteiger partial charge in [0.05, 0.1) is 5.92 Å². The highest BCUT2D eigenvalue weighted by atomic mass is 16.4. The molecule has 2 aliphatic carbocycles. The van der Waals surface area contributed by atoms with Gasteiger partial charge in [-0.2, -0.15) is 0 Å². The number of nitrogens with one attached hydrogen (secondary N) is 1. The molecular formula is C28H37NO5. The van der Waals surface area contributed by atoms with E-state index >= 15 is 0 Å². The summed E-state index contributed by atoms with van der Waals surface area (Å²) >= 11 is 0. The first-order valence-electron chi connectivity index (χ1n) is 12.5. The Morgan fingerprint density at radius 2 is 1.94 bits per heavy atom. The Bertz CT molecular complexity index is 942. The quantitative estimate of drug-likeness (QED) is 0.169. The van der Waals surface area contributed by atoms with Gasteiger partial charge in [-0.3, -0.25) is 24.5 Å². The highest BCUT2D eigenvalue weighted by molar-refractivity contribution is 6.24. The summed E-state index contributed by atoms with van der Waals surface area (Å²) in [5.41, 5.74) is 0.918. The van der Waals surface area contributed by atoms with Gasteiger partial charge in [0.1, 0.15) is 5.92 Å². The molecule has 2 fully saturated rings. The van der Waals surface area contributed by atoms with Crippen LogP contribution < -0.4 is 5.32 Å². The lowest BCUT2D eigenvalue weighted by Crippen LogP contribution is -2.47. The molecule has 0 spiro atoms. The predicted molar refractivity (Wildman–Crippen MR) is 130 cm³/mol. The van der Waals surface area contributed by atoms with E-state index in [0.717, 1.165) is 19.3 Å². The number of imide groups is 1. The maximum Gasteiger partial charge on any atom is 0.306 e. The second-order valence-corrected chi connectivity index (χ2v) is 9.99. The zero-order valence-electron chi connectivity index (χ0n) is 20.5. The minimum atomic E-state index is -1.14. The first kappa shape index (κ1) is 25.9. The molecule has 34 heavy (non-hydrogen) atoms.